The van der Waals surface area contributed by atoms with Crippen molar-refractivity contribution in [2.75, 3.05) is 0 Å². The second-order valence-corrected chi connectivity index (χ2v) is 5.91. The number of halogens is 1. The lowest BCUT2D eigenvalue weighted by Crippen LogP contribution is -2.13. The molecule has 120 valence electrons. The van der Waals surface area contributed by atoms with Gasteiger partial charge in [-0.25, -0.2) is 4.39 Å². The molecule has 1 aliphatic rings. The average Bonchev–Trinajstić information content (AvgIpc) is 3.24. The number of carbonyl (C=O) groups is 1. The van der Waals surface area contributed by atoms with Crippen LogP contribution in [0.2, 0.25) is 0 Å². The molecule has 0 saturated carbocycles. The number of ketones is 1. The predicted molar refractivity (Wildman–Crippen MR) is 86.0 cm³/mol. The molecule has 0 bridgehead atoms. The van der Waals surface area contributed by atoms with E-state index in [9.17, 15) is 9.18 Å². The van der Waals surface area contributed by atoms with Crippen LogP contribution in [0.15, 0.2) is 42.5 Å². The lowest BCUT2D eigenvalue weighted by molar-refractivity contribution is 0.0961. The van der Waals surface area contributed by atoms with Crippen molar-refractivity contribution < 1.29 is 9.18 Å². The van der Waals surface area contributed by atoms with Crippen LogP contribution in [0.5, 0.6) is 0 Å². The van der Waals surface area contributed by atoms with Gasteiger partial charge in [0.15, 0.2) is 5.78 Å². The highest BCUT2D eigenvalue weighted by molar-refractivity contribution is 5.96. The second kappa shape index (κ2) is 5.96. The Labute approximate surface area is 138 Å². The molecular formula is C18H15FN4O. The lowest BCUT2D eigenvalue weighted by atomic mass is 10.0. The predicted octanol–water partition coefficient (Wildman–Crippen LogP) is 2.85. The number of benzene rings is 2. The molecule has 0 saturated heterocycles. The zero-order valence-corrected chi connectivity index (χ0v) is 12.9. The molecule has 24 heavy (non-hydrogen) atoms. The molecule has 1 aliphatic carbocycles. The number of Topliss-reactive ketones (excluding diaryl/α,β-unsaturated/α-hetero) is 1. The van der Waals surface area contributed by atoms with Gasteiger partial charge in [0.25, 0.3) is 0 Å². The number of hydrogen-bond acceptors (Lipinski definition) is 4. The minimum atomic E-state index is -0.321. The van der Waals surface area contributed by atoms with Crippen molar-refractivity contribution in [1.82, 2.24) is 20.2 Å². The summed E-state index contributed by atoms with van der Waals surface area (Å²) in [7, 11) is 0. The third-order valence-corrected chi connectivity index (χ3v) is 4.26. The topological polar surface area (TPSA) is 60.7 Å². The van der Waals surface area contributed by atoms with Crippen LogP contribution >= 0.6 is 0 Å². The molecule has 0 fully saturated rings. The molecule has 1 aromatic heterocycles. The normalized spacial score (nSPS) is 13.0. The van der Waals surface area contributed by atoms with E-state index in [-0.39, 0.29) is 18.1 Å². The van der Waals surface area contributed by atoms with Crippen molar-refractivity contribution in [3.05, 3.63) is 65.0 Å². The number of hydrogen-bond donors (Lipinski definition) is 0. The average molecular weight is 322 g/mol. The first-order chi connectivity index (χ1) is 11.7. The van der Waals surface area contributed by atoms with Crippen molar-refractivity contribution in [2.24, 2.45) is 0 Å². The van der Waals surface area contributed by atoms with Crippen LogP contribution in [0.3, 0.4) is 0 Å². The molecule has 0 N–H and O–H groups in total. The van der Waals surface area contributed by atoms with Gasteiger partial charge in [0, 0.05) is 11.1 Å². The van der Waals surface area contributed by atoms with Crippen molar-refractivity contribution in [2.45, 2.75) is 25.8 Å². The van der Waals surface area contributed by atoms with Gasteiger partial charge in [-0.05, 0) is 65.9 Å². The van der Waals surface area contributed by atoms with E-state index in [1.165, 1.54) is 28.1 Å². The monoisotopic (exact) mass is 322 g/mol. The smallest absolute Gasteiger partial charge is 0.204 e. The third-order valence-electron chi connectivity index (χ3n) is 4.26. The van der Waals surface area contributed by atoms with Gasteiger partial charge in [-0.15, -0.1) is 10.2 Å². The Balaban J connectivity index is 1.51. The lowest BCUT2D eigenvalue weighted by Gasteiger charge is -2.03. The van der Waals surface area contributed by atoms with Crippen LogP contribution < -0.4 is 0 Å². The van der Waals surface area contributed by atoms with Crippen molar-refractivity contribution in [1.29, 1.82) is 0 Å². The Morgan fingerprint density at radius 1 is 1.08 bits per heavy atom. The van der Waals surface area contributed by atoms with E-state index in [0.29, 0.717) is 17.0 Å². The Morgan fingerprint density at radius 3 is 2.71 bits per heavy atom. The standard InChI is InChI=1S/C18H15FN4O/c19-16-8-6-13(7-9-16)18-20-22-23(21-18)11-17(24)15-5-4-12-2-1-3-14(12)10-15/h4-10H,1-3,11H2. The molecule has 0 amide bonds. The highest BCUT2D eigenvalue weighted by atomic mass is 19.1. The van der Waals surface area contributed by atoms with Crippen LogP contribution in [-0.2, 0) is 19.4 Å². The van der Waals surface area contributed by atoms with Crippen LogP contribution in [0.25, 0.3) is 11.4 Å². The Hall–Kier alpha value is -2.89. The third kappa shape index (κ3) is 2.82. The summed E-state index contributed by atoms with van der Waals surface area (Å²) in [6.07, 6.45) is 3.28. The zero-order valence-electron chi connectivity index (χ0n) is 12.9. The van der Waals surface area contributed by atoms with E-state index < -0.39 is 0 Å². The van der Waals surface area contributed by atoms with E-state index >= 15 is 0 Å². The zero-order chi connectivity index (χ0) is 16.5. The maximum atomic E-state index is 13.0. The van der Waals surface area contributed by atoms with Crippen LogP contribution in [-0.4, -0.2) is 26.0 Å². The Bertz CT molecular complexity index is 902. The fraction of sp³-hybridized carbons (Fsp3) is 0.222. The van der Waals surface area contributed by atoms with Crippen LogP contribution in [0.1, 0.15) is 27.9 Å². The molecule has 3 aromatic rings. The summed E-state index contributed by atoms with van der Waals surface area (Å²) >= 11 is 0. The molecule has 4 rings (SSSR count). The summed E-state index contributed by atoms with van der Waals surface area (Å²) in [4.78, 5) is 13.7. The molecule has 1 heterocycles. The van der Waals surface area contributed by atoms with Gasteiger partial charge in [-0.3, -0.25) is 4.79 Å². The van der Waals surface area contributed by atoms with Crippen molar-refractivity contribution >= 4 is 5.78 Å². The largest absolute Gasteiger partial charge is 0.292 e. The number of nitrogens with zero attached hydrogens (tertiary/aromatic N) is 4. The van der Waals surface area contributed by atoms with Gasteiger partial charge in [-0.2, -0.15) is 4.80 Å². The van der Waals surface area contributed by atoms with Crippen molar-refractivity contribution in [3.63, 3.8) is 0 Å². The van der Waals surface area contributed by atoms with E-state index in [2.05, 4.69) is 15.4 Å². The molecule has 5 nitrogen and oxygen atoms in total. The van der Waals surface area contributed by atoms with Crippen LogP contribution in [0.4, 0.5) is 4.39 Å². The second-order valence-electron chi connectivity index (χ2n) is 5.91. The summed E-state index contributed by atoms with van der Waals surface area (Å²) in [6, 6.07) is 11.7. The fourth-order valence-corrected chi connectivity index (χ4v) is 2.99. The quantitative estimate of drug-likeness (QED) is 0.693. The molecule has 0 atom stereocenters. The van der Waals surface area contributed by atoms with E-state index in [1.54, 1.807) is 12.1 Å². The maximum Gasteiger partial charge on any atom is 0.204 e. The SMILES string of the molecule is O=C(Cn1nnc(-c2ccc(F)cc2)n1)c1ccc2c(c1)CCC2. The minimum Gasteiger partial charge on any atom is -0.292 e. The summed E-state index contributed by atoms with van der Waals surface area (Å²) in [5, 5.41) is 12.0. The fourth-order valence-electron chi connectivity index (χ4n) is 2.99. The number of rotatable bonds is 4. The van der Waals surface area contributed by atoms with Gasteiger partial charge in [0.1, 0.15) is 12.4 Å². The molecule has 6 heteroatoms. The van der Waals surface area contributed by atoms with Gasteiger partial charge < -0.3 is 0 Å². The number of aromatic nitrogens is 4. The first-order valence-corrected chi connectivity index (χ1v) is 7.88. The summed E-state index contributed by atoms with van der Waals surface area (Å²) in [5.41, 5.74) is 3.94. The van der Waals surface area contributed by atoms with Crippen molar-refractivity contribution in [3.8, 4) is 11.4 Å². The molecule has 0 aliphatic heterocycles. The number of carbonyl (C=O) groups excluding carboxylic acids is 1. The number of fused-ring (bicyclic) bond motifs is 1. The molecule has 2 aromatic carbocycles. The molecule has 0 unspecified atom stereocenters. The molecular weight excluding hydrogens is 307 g/mol. The number of aryl methyl sites for hydroxylation is 2. The van der Waals surface area contributed by atoms with Gasteiger partial charge in [0.05, 0.1) is 0 Å². The van der Waals surface area contributed by atoms with Crippen LogP contribution in [0, 0.1) is 5.82 Å². The number of tetrazole rings is 1. The van der Waals surface area contributed by atoms with E-state index in [1.807, 2.05) is 18.2 Å². The Morgan fingerprint density at radius 2 is 1.88 bits per heavy atom. The van der Waals surface area contributed by atoms with Gasteiger partial charge in [-0.1, -0.05) is 12.1 Å². The maximum absolute atomic E-state index is 13.0. The first kappa shape index (κ1) is 14.7. The molecule has 0 spiro atoms. The van der Waals surface area contributed by atoms with E-state index in [4.69, 9.17) is 0 Å². The summed E-state index contributed by atoms with van der Waals surface area (Å²) < 4.78 is 13.0. The minimum absolute atomic E-state index is 0.0347. The highest BCUT2D eigenvalue weighted by Gasteiger charge is 2.15. The summed E-state index contributed by atoms with van der Waals surface area (Å²) in [6.45, 7) is 0.0347. The van der Waals surface area contributed by atoms with Gasteiger partial charge in [0.2, 0.25) is 5.82 Å². The van der Waals surface area contributed by atoms with E-state index in [0.717, 1.165) is 19.3 Å². The molecule has 0 radical (unpaired) electrons. The Kier molecular flexibility index (Phi) is 3.65. The first-order valence-electron chi connectivity index (χ1n) is 7.88. The van der Waals surface area contributed by atoms with Gasteiger partial charge >= 0.3 is 0 Å². The highest BCUT2D eigenvalue weighted by Crippen LogP contribution is 2.23. The summed E-state index contributed by atoms with van der Waals surface area (Å²) in [5.74, 6) is 0.00226.